The first-order chi connectivity index (χ1) is 15.4. The molecule has 0 amide bonds. The van der Waals surface area contributed by atoms with Crippen molar-refractivity contribution in [1.82, 2.24) is 5.32 Å². The van der Waals surface area contributed by atoms with E-state index in [1.807, 2.05) is 48.5 Å². The van der Waals surface area contributed by atoms with Gasteiger partial charge in [-0.2, -0.15) is 0 Å². The number of benzene rings is 2. The lowest BCUT2D eigenvalue weighted by atomic mass is 9.66. The first-order valence-electron chi connectivity index (χ1n) is 11.6. The summed E-state index contributed by atoms with van der Waals surface area (Å²) < 4.78 is 28.1. The van der Waals surface area contributed by atoms with E-state index in [0.29, 0.717) is 16.3 Å². The molecule has 1 saturated heterocycles. The van der Waals surface area contributed by atoms with E-state index >= 15 is 0 Å². The number of nitrogens with one attached hydrogen (secondary N) is 1. The van der Waals surface area contributed by atoms with Gasteiger partial charge in [-0.05, 0) is 74.4 Å². The van der Waals surface area contributed by atoms with Gasteiger partial charge in [0.1, 0.15) is 0 Å². The van der Waals surface area contributed by atoms with Crippen LogP contribution in [0.1, 0.15) is 43.8 Å². The molecule has 5 nitrogen and oxygen atoms in total. The largest absolute Gasteiger partial charge is 0.388 e. The van der Waals surface area contributed by atoms with Crippen LogP contribution in [0.25, 0.3) is 0 Å². The van der Waals surface area contributed by atoms with Crippen LogP contribution in [0.15, 0.2) is 54.6 Å². The zero-order valence-electron chi connectivity index (χ0n) is 18.5. The average molecular weight is 477 g/mol. The lowest BCUT2D eigenvalue weighted by Crippen LogP contribution is -2.56. The number of hydrogen-bond donors (Lipinski definition) is 2. The van der Waals surface area contributed by atoms with E-state index in [0.717, 1.165) is 45.2 Å². The molecule has 7 heteroatoms. The number of nitrogens with zero attached hydrogens (tertiary/aromatic N) is 1. The summed E-state index contributed by atoms with van der Waals surface area (Å²) in [6.45, 7) is 1.68. The van der Waals surface area contributed by atoms with Gasteiger partial charge in [0.15, 0.2) is 0 Å². The average Bonchev–Trinajstić information content (AvgIpc) is 2.75. The van der Waals surface area contributed by atoms with Crippen LogP contribution >= 0.6 is 11.6 Å². The topological polar surface area (TPSA) is 69.6 Å². The SMILES string of the molecule is CS(=O)(=O)N(c1ccccc1)C(C1CCCNC1)C(C1CCC1)C(O)c1ccccc1Cl. The molecule has 32 heavy (non-hydrogen) atoms. The Balaban J connectivity index is 1.85. The lowest BCUT2D eigenvalue weighted by molar-refractivity contribution is 0.0122. The van der Waals surface area contributed by atoms with E-state index in [1.165, 1.54) is 6.26 Å². The van der Waals surface area contributed by atoms with Crippen molar-refractivity contribution in [3.8, 4) is 0 Å². The van der Waals surface area contributed by atoms with Gasteiger partial charge in [-0.3, -0.25) is 4.31 Å². The summed E-state index contributed by atoms with van der Waals surface area (Å²) in [6.07, 6.45) is 5.46. The molecular formula is C25H33ClN2O3S. The number of piperidine rings is 1. The third-order valence-corrected chi connectivity index (χ3v) is 8.65. The molecule has 0 radical (unpaired) electrons. The lowest BCUT2D eigenvalue weighted by Gasteiger charge is -2.49. The smallest absolute Gasteiger partial charge is 0.232 e. The molecule has 4 rings (SSSR count). The second kappa shape index (κ2) is 10.1. The van der Waals surface area contributed by atoms with Gasteiger partial charge < -0.3 is 10.4 Å². The van der Waals surface area contributed by atoms with Crippen molar-refractivity contribution in [2.75, 3.05) is 23.7 Å². The fourth-order valence-electron chi connectivity index (χ4n) is 5.46. The van der Waals surface area contributed by atoms with Crippen LogP contribution in [0.2, 0.25) is 5.02 Å². The first-order valence-corrected chi connectivity index (χ1v) is 13.8. The monoisotopic (exact) mass is 476 g/mol. The van der Waals surface area contributed by atoms with Crippen LogP contribution in [0.5, 0.6) is 0 Å². The molecule has 0 aromatic heterocycles. The number of halogens is 1. The molecule has 2 N–H and O–H groups in total. The quantitative estimate of drug-likeness (QED) is 0.583. The Morgan fingerprint density at radius 1 is 1.00 bits per heavy atom. The second-order valence-corrected chi connectivity index (χ2v) is 11.5. The molecule has 4 atom stereocenters. The third-order valence-electron chi connectivity index (χ3n) is 7.13. The van der Waals surface area contributed by atoms with Crippen LogP contribution < -0.4 is 9.62 Å². The van der Waals surface area contributed by atoms with Gasteiger partial charge in [-0.1, -0.05) is 54.4 Å². The molecule has 1 saturated carbocycles. The molecular weight excluding hydrogens is 444 g/mol. The maximum atomic E-state index is 13.3. The highest BCUT2D eigenvalue weighted by Gasteiger charge is 2.47. The highest BCUT2D eigenvalue weighted by atomic mass is 35.5. The highest BCUT2D eigenvalue weighted by Crippen LogP contribution is 2.48. The normalized spacial score (nSPS) is 22.5. The number of aliphatic hydroxyl groups excluding tert-OH is 1. The minimum Gasteiger partial charge on any atom is -0.388 e. The van der Waals surface area contributed by atoms with Gasteiger partial charge >= 0.3 is 0 Å². The maximum Gasteiger partial charge on any atom is 0.232 e. The fourth-order valence-corrected chi connectivity index (χ4v) is 6.97. The number of anilines is 1. The molecule has 0 bridgehead atoms. The zero-order valence-corrected chi connectivity index (χ0v) is 20.1. The Morgan fingerprint density at radius 3 is 2.22 bits per heavy atom. The number of hydrogen-bond acceptors (Lipinski definition) is 4. The standard InChI is InChI=1S/C25H33ClN2O3S/c1-32(30,31)28(20-12-3-2-4-13-20)24(19-11-8-16-27-17-19)23(18-9-7-10-18)25(29)21-14-5-6-15-22(21)26/h2-6,12-15,18-19,23-25,27,29H,7-11,16-17H2,1H3. The van der Waals surface area contributed by atoms with Crippen molar-refractivity contribution in [2.45, 2.75) is 44.2 Å². The van der Waals surface area contributed by atoms with Crippen LogP contribution in [-0.2, 0) is 10.0 Å². The Hall–Kier alpha value is -1.60. The number of aliphatic hydroxyl groups is 1. The Kier molecular flexibility index (Phi) is 7.45. The molecule has 1 aliphatic heterocycles. The van der Waals surface area contributed by atoms with Crippen molar-refractivity contribution >= 4 is 27.3 Å². The summed E-state index contributed by atoms with van der Waals surface area (Å²) in [4.78, 5) is 0. The van der Waals surface area contributed by atoms with Crippen LogP contribution in [0, 0.1) is 17.8 Å². The van der Waals surface area contributed by atoms with E-state index in [9.17, 15) is 13.5 Å². The Morgan fingerprint density at radius 2 is 1.66 bits per heavy atom. The predicted molar refractivity (Wildman–Crippen MR) is 130 cm³/mol. The van der Waals surface area contributed by atoms with Crippen molar-refractivity contribution in [3.63, 3.8) is 0 Å². The molecule has 174 valence electrons. The number of para-hydroxylation sites is 1. The summed E-state index contributed by atoms with van der Waals surface area (Å²) in [6, 6.07) is 16.4. The molecule has 2 aromatic carbocycles. The van der Waals surface area contributed by atoms with Gasteiger partial charge in [0.2, 0.25) is 10.0 Å². The molecule has 1 heterocycles. The molecule has 1 aliphatic carbocycles. The van der Waals surface area contributed by atoms with Crippen molar-refractivity contribution < 1.29 is 13.5 Å². The van der Waals surface area contributed by atoms with Crippen molar-refractivity contribution in [1.29, 1.82) is 0 Å². The Bertz CT molecular complexity index is 991. The van der Waals surface area contributed by atoms with E-state index in [-0.39, 0.29) is 23.8 Å². The van der Waals surface area contributed by atoms with Gasteiger partial charge in [0.25, 0.3) is 0 Å². The van der Waals surface area contributed by atoms with E-state index in [4.69, 9.17) is 11.6 Å². The summed E-state index contributed by atoms with van der Waals surface area (Å²) in [5, 5.41) is 15.7. The second-order valence-electron chi connectivity index (χ2n) is 9.23. The molecule has 2 aromatic rings. The van der Waals surface area contributed by atoms with Crippen LogP contribution in [0.4, 0.5) is 5.69 Å². The number of sulfonamides is 1. The zero-order chi connectivity index (χ0) is 22.7. The summed E-state index contributed by atoms with van der Waals surface area (Å²) >= 11 is 6.50. The number of rotatable bonds is 8. The van der Waals surface area contributed by atoms with E-state index in [1.54, 1.807) is 10.4 Å². The summed E-state index contributed by atoms with van der Waals surface area (Å²) in [7, 11) is -3.59. The van der Waals surface area contributed by atoms with Gasteiger partial charge in [-0.15, -0.1) is 0 Å². The van der Waals surface area contributed by atoms with E-state index in [2.05, 4.69) is 5.32 Å². The fraction of sp³-hybridized carbons (Fsp3) is 0.520. The molecule has 0 spiro atoms. The van der Waals surface area contributed by atoms with Crippen molar-refractivity contribution in [3.05, 3.63) is 65.2 Å². The Labute approximate surface area is 196 Å². The van der Waals surface area contributed by atoms with Crippen LogP contribution in [0.3, 0.4) is 0 Å². The summed E-state index contributed by atoms with van der Waals surface area (Å²) in [5.41, 5.74) is 1.34. The van der Waals surface area contributed by atoms with Gasteiger partial charge in [0.05, 0.1) is 24.1 Å². The molecule has 2 aliphatic rings. The summed E-state index contributed by atoms with van der Waals surface area (Å²) in [5.74, 6) is 0.103. The highest BCUT2D eigenvalue weighted by molar-refractivity contribution is 7.92. The maximum absolute atomic E-state index is 13.3. The van der Waals surface area contributed by atoms with E-state index < -0.39 is 16.1 Å². The first kappa shape index (κ1) is 23.6. The van der Waals surface area contributed by atoms with Crippen LogP contribution in [-0.4, -0.2) is 38.9 Å². The van der Waals surface area contributed by atoms with Gasteiger partial charge in [-0.25, -0.2) is 8.42 Å². The minimum atomic E-state index is -3.59. The molecule has 4 unspecified atom stereocenters. The predicted octanol–water partition coefficient (Wildman–Crippen LogP) is 4.62. The third kappa shape index (κ3) is 4.98. The van der Waals surface area contributed by atoms with Gasteiger partial charge in [0, 0.05) is 10.9 Å². The molecule has 2 fully saturated rings. The minimum absolute atomic E-state index is 0.0985. The van der Waals surface area contributed by atoms with Crippen molar-refractivity contribution in [2.24, 2.45) is 17.8 Å².